The van der Waals surface area contributed by atoms with Crippen LogP contribution < -0.4 is 5.32 Å². The van der Waals surface area contributed by atoms with Gasteiger partial charge in [-0.1, -0.05) is 0 Å². The summed E-state index contributed by atoms with van der Waals surface area (Å²) in [5, 5.41) is 3.37. The van der Waals surface area contributed by atoms with Crippen molar-refractivity contribution in [2.45, 2.75) is 18.9 Å². The summed E-state index contributed by atoms with van der Waals surface area (Å²) in [6.07, 6.45) is 2.19. The van der Waals surface area contributed by atoms with Crippen LogP contribution in [0.5, 0.6) is 0 Å². The van der Waals surface area contributed by atoms with E-state index in [4.69, 9.17) is 4.74 Å². The van der Waals surface area contributed by atoms with Gasteiger partial charge in [0, 0.05) is 31.8 Å². The fourth-order valence-electron chi connectivity index (χ4n) is 2.47. The molecule has 0 saturated carbocycles. The van der Waals surface area contributed by atoms with Crippen LogP contribution in [0.2, 0.25) is 0 Å². The van der Waals surface area contributed by atoms with Gasteiger partial charge in [0.25, 0.3) is 5.91 Å². The molecule has 1 N–H and O–H groups in total. The lowest BCUT2D eigenvalue weighted by Crippen LogP contribution is -2.42. The monoisotopic (exact) mass is 358 g/mol. The number of carbonyl (C=O) groups excluding carboxylic acids is 1. The molecule has 1 unspecified atom stereocenters. The quantitative estimate of drug-likeness (QED) is 0.848. The van der Waals surface area contributed by atoms with Crippen molar-refractivity contribution in [1.29, 1.82) is 0 Å². The third kappa shape index (κ3) is 4.49. The predicted molar refractivity (Wildman–Crippen MR) is 82.9 cm³/mol. The van der Waals surface area contributed by atoms with E-state index < -0.39 is 5.82 Å². The van der Waals surface area contributed by atoms with Crippen molar-refractivity contribution in [3.8, 4) is 0 Å². The highest BCUT2D eigenvalue weighted by Gasteiger charge is 2.22. The predicted octanol–water partition coefficient (Wildman–Crippen LogP) is 2.43. The topological polar surface area (TPSA) is 41.6 Å². The maximum Gasteiger partial charge on any atom is 0.254 e. The van der Waals surface area contributed by atoms with Gasteiger partial charge >= 0.3 is 0 Å². The van der Waals surface area contributed by atoms with Crippen LogP contribution in [0.4, 0.5) is 4.39 Å². The van der Waals surface area contributed by atoms with Crippen molar-refractivity contribution in [1.82, 2.24) is 10.2 Å². The normalized spacial score (nSPS) is 18.0. The lowest BCUT2D eigenvalue weighted by Gasteiger charge is -2.26. The Bertz CT molecular complexity index is 493. The molecule has 1 aliphatic rings. The molecule has 1 saturated heterocycles. The first-order valence-corrected chi connectivity index (χ1v) is 7.87. The molecule has 0 spiro atoms. The summed E-state index contributed by atoms with van der Waals surface area (Å²) >= 11 is 3.10. The first kappa shape index (κ1) is 16.4. The van der Waals surface area contributed by atoms with E-state index in [2.05, 4.69) is 21.2 Å². The average molecular weight is 359 g/mol. The van der Waals surface area contributed by atoms with E-state index in [-0.39, 0.29) is 5.91 Å². The van der Waals surface area contributed by atoms with Gasteiger partial charge < -0.3 is 15.0 Å². The van der Waals surface area contributed by atoms with Crippen LogP contribution >= 0.6 is 15.9 Å². The van der Waals surface area contributed by atoms with Gasteiger partial charge in [0.05, 0.1) is 11.1 Å². The largest absolute Gasteiger partial charge is 0.383 e. The maximum absolute atomic E-state index is 13.6. The number of hydrogen-bond donors (Lipinski definition) is 1. The summed E-state index contributed by atoms with van der Waals surface area (Å²) in [6, 6.07) is 4.78. The van der Waals surface area contributed by atoms with Crippen LogP contribution in [-0.2, 0) is 4.74 Å². The number of rotatable bonds is 6. The van der Waals surface area contributed by atoms with Crippen LogP contribution in [0.1, 0.15) is 23.2 Å². The van der Waals surface area contributed by atoms with Crippen molar-refractivity contribution in [3.05, 3.63) is 34.1 Å². The maximum atomic E-state index is 13.6. The van der Waals surface area contributed by atoms with Crippen LogP contribution in [0, 0.1) is 5.82 Å². The van der Waals surface area contributed by atoms with Gasteiger partial charge in [-0.3, -0.25) is 4.79 Å². The van der Waals surface area contributed by atoms with Crippen LogP contribution in [0.3, 0.4) is 0 Å². The number of carbonyl (C=O) groups is 1. The van der Waals surface area contributed by atoms with Gasteiger partial charge in [0.15, 0.2) is 0 Å². The molecule has 1 aromatic carbocycles. The third-order valence-corrected chi connectivity index (χ3v) is 4.27. The molecule has 0 aromatic heterocycles. The molecule has 21 heavy (non-hydrogen) atoms. The van der Waals surface area contributed by atoms with Gasteiger partial charge in [-0.2, -0.15) is 0 Å². The Balaban J connectivity index is 2.09. The molecule has 1 amide bonds. The van der Waals surface area contributed by atoms with Crippen LogP contribution in [0.15, 0.2) is 22.7 Å². The second kappa shape index (κ2) is 7.87. The Hall–Kier alpha value is -0.980. The number of ether oxygens (including phenoxy) is 1. The molecule has 4 nitrogen and oxygen atoms in total. The Labute approximate surface area is 132 Å². The molecule has 1 fully saturated rings. The number of benzene rings is 1. The molecule has 1 aliphatic heterocycles. The lowest BCUT2D eigenvalue weighted by atomic mass is 10.1. The fraction of sp³-hybridized carbons (Fsp3) is 0.533. The standard InChI is InChI=1S/C15H20BrFN2O2/c1-21-8-7-19(10-12-3-2-6-18-12)15(20)11-4-5-13(16)14(17)9-11/h4-5,9,12,18H,2-3,6-8,10H2,1H3. The first-order chi connectivity index (χ1) is 10.1. The second-order valence-corrected chi connectivity index (χ2v) is 6.02. The molecule has 116 valence electrons. The van der Waals surface area contributed by atoms with Crippen molar-refractivity contribution < 1.29 is 13.9 Å². The van der Waals surface area contributed by atoms with Gasteiger partial charge in [-0.15, -0.1) is 0 Å². The summed E-state index contributed by atoms with van der Waals surface area (Å²) in [5.41, 5.74) is 0.366. The van der Waals surface area contributed by atoms with Gasteiger partial charge in [-0.05, 0) is 53.5 Å². The molecule has 1 aromatic rings. The van der Waals surface area contributed by atoms with Gasteiger partial charge in [0.1, 0.15) is 5.82 Å². The zero-order valence-corrected chi connectivity index (χ0v) is 13.7. The smallest absolute Gasteiger partial charge is 0.254 e. The Morgan fingerprint density at radius 3 is 3.00 bits per heavy atom. The minimum absolute atomic E-state index is 0.160. The number of halogens is 2. The van der Waals surface area contributed by atoms with Crippen molar-refractivity contribution >= 4 is 21.8 Å². The third-order valence-electron chi connectivity index (χ3n) is 3.62. The van der Waals surface area contributed by atoms with Gasteiger partial charge in [0.2, 0.25) is 0 Å². The summed E-state index contributed by atoms with van der Waals surface area (Å²) in [7, 11) is 1.61. The summed E-state index contributed by atoms with van der Waals surface area (Å²) < 4.78 is 19.0. The minimum Gasteiger partial charge on any atom is -0.383 e. The van der Waals surface area contributed by atoms with Crippen molar-refractivity contribution in [2.24, 2.45) is 0 Å². The van der Waals surface area contributed by atoms with E-state index >= 15 is 0 Å². The second-order valence-electron chi connectivity index (χ2n) is 5.17. The Morgan fingerprint density at radius 2 is 2.38 bits per heavy atom. The highest BCUT2D eigenvalue weighted by molar-refractivity contribution is 9.10. The minimum atomic E-state index is -0.425. The zero-order chi connectivity index (χ0) is 15.2. The molecular formula is C15H20BrFN2O2. The number of nitrogens with one attached hydrogen (secondary N) is 1. The molecular weight excluding hydrogens is 339 g/mol. The fourth-order valence-corrected chi connectivity index (χ4v) is 2.71. The molecule has 0 radical (unpaired) electrons. The lowest BCUT2D eigenvalue weighted by molar-refractivity contribution is 0.0679. The zero-order valence-electron chi connectivity index (χ0n) is 12.1. The SMILES string of the molecule is COCCN(CC1CCCN1)C(=O)c1ccc(Br)c(F)c1. The highest BCUT2D eigenvalue weighted by Crippen LogP contribution is 2.18. The van der Waals surface area contributed by atoms with E-state index in [9.17, 15) is 9.18 Å². The van der Waals surface area contributed by atoms with Crippen molar-refractivity contribution in [2.75, 3.05) is 33.4 Å². The average Bonchev–Trinajstić information content (AvgIpc) is 2.98. The van der Waals surface area contributed by atoms with E-state index in [1.54, 1.807) is 24.1 Å². The molecule has 6 heteroatoms. The highest BCUT2D eigenvalue weighted by atomic mass is 79.9. The van der Waals surface area contributed by atoms with Crippen molar-refractivity contribution in [3.63, 3.8) is 0 Å². The summed E-state index contributed by atoms with van der Waals surface area (Å²) in [5.74, 6) is -0.585. The van der Waals surface area contributed by atoms with E-state index in [1.165, 1.54) is 6.07 Å². The molecule has 0 bridgehead atoms. The van der Waals surface area contributed by atoms with Crippen LogP contribution in [-0.4, -0.2) is 50.2 Å². The van der Waals surface area contributed by atoms with Crippen LogP contribution in [0.25, 0.3) is 0 Å². The number of nitrogens with zero attached hydrogens (tertiary/aromatic N) is 1. The Morgan fingerprint density at radius 1 is 1.57 bits per heavy atom. The van der Waals surface area contributed by atoms with E-state index in [0.29, 0.717) is 35.8 Å². The molecule has 1 atom stereocenters. The number of amides is 1. The summed E-state index contributed by atoms with van der Waals surface area (Å²) in [4.78, 5) is 14.3. The molecule has 1 heterocycles. The number of methoxy groups -OCH3 is 1. The van der Waals surface area contributed by atoms with E-state index in [0.717, 1.165) is 19.4 Å². The summed E-state index contributed by atoms with van der Waals surface area (Å²) in [6.45, 7) is 2.59. The molecule has 2 rings (SSSR count). The Kier molecular flexibility index (Phi) is 6.14. The first-order valence-electron chi connectivity index (χ1n) is 7.08. The number of hydrogen-bond acceptors (Lipinski definition) is 3. The van der Waals surface area contributed by atoms with E-state index in [1.807, 2.05) is 0 Å². The molecule has 0 aliphatic carbocycles. The van der Waals surface area contributed by atoms with Gasteiger partial charge in [-0.25, -0.2) is 4.39 Å².